The summed E-state index contributed by atoms with van der Waals surface area (Å²) < 4.78 is 2.50. The normalized spacial score (nSPS) is 10.1. The van der Waals surface area contributed by atoms with Crippen molar-refractivity contribution in [1.82, 2.24) is 14.3 Å². The largest absolute Gasteiger partial charge is 0.345 e. The Labute approximate surface area is 52.7 Å². The molecule has 0 fully saturated rings. The smallest absolute Gasteiger partial charge is 0.282 e. The van der Waals surface area contributed by atoms with Crippen LogP contribution in [0.4, 0.5) is 0 Å². The van der Waals surface area contributed by atoms with E-state index in [9.17, 15) is 4.79 Å². The van der Waals surface area contributed by atoms with Crippen LogP contribution in [0.25, 0.3) is 0 Å². The Morgan fingerprint density at radius 3 is 2.33 bits per heavy atom. The highest BCUT2D eigenvalue weighted by molar-refractivity contribution is 4.81. The maximum absolute atomic E-state index is 10.8. The molecule has 9 heavy (non-hydrogen) atoms. The van der Waals surface area contributed by atoms with Crippen LogP contribution in [-0.4, -0.2) is 14.3 Å². The molecule has 0 N–H and O–H groups in total. The first-order chi connectivity index (χ1) is 4.13. The van der Waals surface area contributed by atoms with Gasteiger partial charge in [-0.3, -0.25) is 4.57 Å². The molecule has 0 unspecified atom stereocenters. The summed E-state index contributed by atoms with van der Waals surface area (Å²) in [5.74, 6) is 0.676. The van der Waals surface area contributed by atoms with Gasteiger partial charge in [-0.2, -0.15) is 5.10 Å². The van der Waals surface area contributed by atoms with Gasteiger partial charge in [0.2, 0.25) is 0 Å². The van der Waals surface area contributed by atoms with E-state index in [4.69, 9.17) is 0 Å². The van der Waals surface area contributed by atoms with Crippen molar-refractivity contribution in [3.8, 4) is 0 Å². The Bertz CT molecular complexity index is 270. The third-order valence-electron chi connectivity index (χ3n) is 1.26. The van der Waals surface area contributed by atoms with Crippen LogP contribution in [0.5, 0.6) is 0 Å². The van der Waals surface area contributed by atoms with Crippen LogP contribution in [0, 0.1) is 14.0 Å². The Kier molecular flexibility index (Phi) is 1.16. The highest BCUT2D eigenvalue weighted by Crippen LogP contribution is 1.81. The van der Waals surface area contributed by atoms with E-state index in [2.05, 4.69) is 12.1 Å². The molecule has 0 bridgehead atoms. The number of aryl methyl sites for hydroxylation is 1. The quantitative estimate of drug-likeness (QED) is 0.471. The third kappa shape index (κ3) is 0.759. The van der Waals surface area contributed by atoms with Gasteiger partial charge in [-0.1, -0.05) is 0 Å². The number of aromatic nitrogens is 3. The summed E-state index contributed by atoms with van der Waals surface area (Å²) in [6.45, 7) is 1.75. The third-order valence-corrected chi connectivity index (χ3v) is 1.26. The minimum atomic E-state index is -0.187. The lowest BCUT2D eigenvalue weighted by Gasteiger charge is -1.84. The van der Waals surface area contributed by atoms with Crippen LogP contribution < -0.4 is 5.69 Å². The van der Waals surface area contributed by atoms with Gasteiger partial charge >= 0.3 is 5.69 Å². The number of rotatable bonds is 0. The molecular weight excluding hydrogens is 118 g/mol. The van der Waals surface area contributed by atoms with E-state index < -0.39 is 0 Å². The maximum Gasteiger partial charge on any atom is 0.345 e. The first-order valence-corrected chi connectivity index (χ1v) is 2.56. The van der Waals surface area contributed by atoms with Crippen molar-refractivity contribution in [1.29, 1.82) is 0 Å². The van der Waals surface area contributed by atoms with E-state index in [1.165, 1.54) is 4.57 Å². The Hall–Kier alpha value is -1.06. The second kappa shape index (κ2) is 1.72. The molecule has 0 aliphatic rings. The van der Waals surface area contributed by atoms with Crippen LogP contribution in [0.1, 0.15) is 5.82 Å². The molecule has 0 saturated heterocycles. The van der Waals surface area contributed by atoms with E-state index in [-0.39, 0.29) is 5.69 Å². The van der Waals surface area contributed by atoms with Crippen molar-refractivity contribution in [2.75, 3.05) is 0 Å². The Morgan fingerprint density at radius 2 is 2.22 bits per heavy atom. The number of hydrogen-bond donors (Lipinski definition) is 0. The molecule has 1 aromatic heterocycles. The molecule has 1 radical (unpaired) electrons. The minimum absolute atomic E-state index is 0.187. The lowest BCUT2D eigenvalue weighted by Crippen LogP contribution is -2.19. The van der Waals surface area contributed by atoms with Gasteiger partial charge < -0.3 is 0 Å². The van der Waals surface area contributed by atoms with Gasteiger partial charge in [0.05, 0.1) is 7.05 Å². The van der Waals surface area contributed by atoms with Crippen molar-refractivity contribution in [2.45, 2.75) is 6.92 Å². The summed E-state index contributed by atoms with van der Waals surface area (Å²) in [6.07, 6.45) is 0. The highest BCUT2D eigenvalue weighted by atomic mass is 16.2. The molecule has 49 valence electrons. The van der Waals surface area contributed by atoms with Crippen molar-refractivity contribution in [3.63, 3.8) is 0 Å². The van der Waals surface area contributed by atoms with Crippen molar-refractivity contribution >= 4 is 0 Å². The molecule has 4 nitrogen and oxygen atoms in total. The molecule has 0 aliphatic carbocycles. The van der Waals surface area contributed by atoms with E-state index in [0.717, 1.165) is 4.68 Å². The monoisotopic (exact) mass is 126 g/mol. The molecule has 0 amide bonds. The van der Waals surface area contributed by atoms with Crippen LogP contribution in [0.3, 0.4) is 0 Å². The fraction of sp³-hybridized carbons (Fsp3) is 0.400. The predicted molar refractivity (Wildman–Crippen MR) is 33.0 cm³/mol. The van der Waals surface area contributed by atoms with Crippen molar-refractivity contribution < 1.29 is 0 Å². The summed E-state index contributed by atoms with van der Waals surface area (Å²) in [5, 5.41) is 3.77. The van der Waals surface area contributed by atoms with Gasteiger partial charge in [0.15, 0.2) is 0 Å². The summed E-state index contributed by atoms with van der Waals surface area (Å²) in [5.41, 5.74) is -0.187. The van der Waals surface area contributed by atoms with Gasteiger partial charge in [-0.25, -0.2) is 9.48 Å². The molecule has 0 aromatic carbocycles. The van der Waals surface area contributed by atoms with E-state index in [0.29, 0.717) is 5.82 Å². The van der Waals surface area contributed by atoms with E-state index in [1.807, 2.05) is 0 Å². The standard InChI is InChI=1S/C5H8N3O/c1-4-6-8(3)5(9)7(4)2/h3H2,1-2H3. The molecule has 0 spiro atoms. The second-order valence-corrected chi connectivity index (χ2v) is 1.89. The zero-order chi connectivity index (χ0) is 7.02. The minimum Gasteiger partial charge on any atom is -0.282 e. The first-order valence-electron chi connectivity index (χ1n) is 2.56. The van der Waals surface area contributed by atoms with Gasteiger partial charge in [0.1, 0.15) is 5.82 Å². The first kappa shape index (κ1) is 6.07. The van der Waals surface area contributed by atoms with Gasteiger partial charge in [0.25, 0.3) is 0 Å². The predicted octanol–water partition coefficient (Wildman–Crippen LogP) is -0.470. The average molecular weight is 126 g/mol. The summed E-state index contributed by atoms with van der Waals surface area (Å²) >= 11 is 0. The van der Waals surface area contributed by atoms with Gasteiger partial charge in [-0.15, -0.1) is 0 Å². The molecule has 0 aliphatic heterocycles. The Balaban J connectivity index is 3.48. The molecule has 1 rings (SSSR count). The van der Waals surface area contributed by atoms with Gasteiger partial charge in [0, 0.05) is 7.05 Å². The number of nitrogens with zero attached hydrogens (tertiary/aromatic N) is 3. The zero-order valence-electron chi connectivity index (χ0n) is 5.46. The summed E-state index contributed by atoms with van der Waals surface area (Å²) in [6, 6.07) is 0. The van der Waals surface area contributed by atoms with E-state index in [1.54, 1.807) is 14.0 Å². The molecule has 1 heterocycles. The van der Waals surface area contributed by atoms with Crippen molar-refractivity contribution in [2.24, 2.45) is 7.05 Å². The lowest BCUT2D eigenvalue weighted by atomic mass is 10.7. The molecule has 1 aromatic rings. The fourth-order valence-electron chi connectivity index (χ4n) is 0.596. The summed E-state index contributed by atoms with van der Waals surface area (Å²) in [4.78, 5) is 10.8. The second-order valence-electron chi connectivity index (χ2n) is 1.89. The van der Waals surface area contributed by atoms with Crippen LogP contribution in [0.15, 0.2) is 4.79 Å². The summed E-state index contributed by atoms with van der Waals surface area (Å²) in [7, 11) is 5.03. The van der Waals surface area contributed by atoms with Gasteiger partial charge in [-0.05, 0) is 6.92 Å². The maximum atomic E-state index is 10.8. The number of hydrogen-bond acceptors (Lipinski definition) is 2. The zero-order valence-corrected chi connectivity index (χ0v) is 5.46. The average Bonchev–Trinajstić information content (AvgIpc) is 1.98. The van der Waals surface area contributed by atoms with Crippen LogP contribution >= 0.6 is 0 Å². The van der Waals surface area contributed by atoms with Crippen LogP contribution in [-0.2, 0) is 7.05 Å². The fourth-order valence-corrected chi connectivity index (χ4v) is 0.596. The van der Waals surface area contributed by atoms with Crippen molar-refractivity contribution in [3.05, 3.63) is 23.4 Å². The van der Waals surface area contributed by atoms with E-state index >= 15 is 0 Å². The molecular formula is C5H8N3O. The highest BCUT2D eigenvalue weighted by Gasteiger charge is 1.99. The Morgan fingerprint density at radius 1 is 1.67 bits per heavy atom. The molecule has 0 atom stereocenters. The topological polar surface area (TPSA) is 39.8 Å². The molecule has 4 heteroatoms. The molecule has 0 saturated carbocycles. The lowest BCUT2D eigenvalue weighted by molar-refractivity contribution is 0.792. The van der Waals surface area contributed by atoms with Crippen LogP contribution in [0.2, 0.25) is 0 Å². The SMILES string of the molecule is [CH2]n1nc(C)n(C)c1=O.